The van der Waals surface area contributed by atoms with Gasteiger partial charge in [0.1, 0.15) is 5.76 Å². The predicted molar refractivity (Wildman–Crippen MR) is 57.5 cm³/mol. The molecule has 3 rings (SSSR count). The molecule has 3 heteroatoms. The maximum absolute atomic E-state index is 5.78. The van der Waals surface area contributed by atoms with Gasteiger partial charge in [0.25, 0.3) is 0 Å². The van der Waals surface area contributed by atoms with Gasteiger partial charge in [-0.15, -0.1) is 0 Å². The molecule has 0 bridgehead atoms. The monoisotopic (exact) mass is 206 g/mol. The molecule has 0 amide bonds. The lowest BCUT2D eigenvalue weighted by Crippen LogP contribution is -2.00. The Hall–Kier alpha value is -0.830. The Kier molecular flexibility index (Phi) is 2.28. The fraction of sp³-hybridized carbons (Fsp3) is 0.750. The summed E-state index contributed by atoms with van der Waals surface area (Å²) in [5.74, 6) is 4.55. The Labute approximate surface area is 90.1 Å². The first-order chi connectivity index (χ1) is 7.40. The highest BCUT2D eigenvalue weighted by Crippen LogP contribution is 2.63. The average molecular weight is 206 g/mol. The zero-order valence-electron chi connectivity index (χ0n) is 8.98. The van der Waals surface area contributed by atoms with Crippen molar-refractivity contribution < 1.29 is 4.42 Å². The molecule has 2 fully saturated rings. The van der Waals surface area contributed by atoms with E-state index in [0.717, 1.165) is 36.3 Å². The summed E-state index contributed by atoms with van der Waals surface area (Å²) in [4.78, 5) is 4.32. The van der Waals surface area contributed by atoms with Crippen LogP contribution in [0.25, 0.3) is 0 Å². The maximum Gasteiger partial charge on any atom is 0.194 e. The third kappa shape index (κ3) is 1.59. The van der Waals surface area contributed by atoms with Crippen LogP contribution in [-0.2, 0) is 6.42 Å². The smallest absolute Gasteiger partial charge is 0.194 e. The van der Waals surface area contributed by atoms with E-state index in [1.807, 2.05) is 6.20 Å². The summed E-state index contributed by atoms with van der Waals surface area (Å²) in [7, 11) is 0. The Morgan fingerprint density at radius 2 is 2.20 bits per heavy atom. The number of hydrogen-bond donors (Lipinski definition) is 1. The summed E-state index contributed by atoms with van der Waals surface area (Å²) in [5, 5.41) is 0. The van der Waals surface area contributed by atoms with Gasteiger partial charge < -0.3 is 10.2 Å². The second-order valence-electron chi connectivity index (χ2n) is 4.83. The van der Waals surface area contributed by atoms with Crippen LogP contribution in [0.4, 0.5) is 0 Å². The van der Waals surface area contributed by atoms with Gasteiger partial charge >= 0.3 is 0 Å². The topological polar surface area (TPSA) is 52.0 Å². The normalized spacial score (nSPS) is 33.0. The highest BCUT2D eigenvalue weighted by atomic mass is 16.4. The summed E-state index contributed by atoms with van der Waals surface area (Å²) < 4.78 is 5.78. The number of fused-ring (bicyclic) bond motifs is 1. The van der Waals surface area contributed by atoms with Crippen LogP contribution in [0.15, 0.2) is 10.6 Å². The first kappa shape index (κ1) is 9.40. The van der Waals surface area contributed by atoms with E-state index in [4.69, 9.17) is 10.2 Å². The number of aromatic nitrogens is 1. The van der Waals surface area contributed by atoms with Crippen molar-refractivity contribution in [3.8, 4) is 0 Å². The zero-order valence-corrected chi connectivity index (χ0v) is 8.98. The lowest BCUT2D eigenvalue weighted by Gasteiger charge is -1.97. The van der Waals surface area contributed by atoms with Gasteiger partial charge in [0.05, 0.1) is 6.20 Å². The molecule has 3 nitrogen and oxygen atoms in total. The number of rotatable bonds is 4. The van der Waals surface area contributed by atoms with Gasteiger partial charge in [0, 0.05) is 12.3 Å². The Bertz CT molecular complexity index is 337. The van der Waals surface area contributed by atoms with E-state index >= 15 is 0 Å². The SMILES string of the molecule is NCCCc1ncc(C2C3CCCC32)o1. The molecule has 1 heterocycles. The van der Waals surface area contributed by atoms with Crippen molar-refractivity contribution in [1.29, 1.82) is 0 Å². The zero-order chi connectivity index (χ0) is 10.3. The highest BCUT2D eigenvalue weighted by Gasteiger charge is 2.54. The summed E-state index contributed by atoms with van der Waals surface area (Å²) in [5.41, 5.74) is 5.46. The van der Waals surface area contributed by atoms with Crippen molar-refractivity contribution in [3.63, 3.8) is 0 Å². The second-order valence-corrected chi connectivity index (χ2v) is 4.83. The van der Waals surface area contributed by atoms with Gasteiger partial charge in [-0.25, -0.2) is 4.98 Å². The van der Waals surface area contributed by atoms with Crippen molar-refractivity contribution in [1.82, 2.24) is 4.98 Å². The van der Waals surface area contributed by atoms with E-state index < -0.39 is 0 Å². The van der Waals surface area contributed by atoms with Crippen molar-refractivity contribution >= 4 is 0 Å². The lowest BCUT2D eigenvalue weighted by molar-refractivity contribution is 0.436. The Balaban J connectivity index is 1.64. The molecule has 2 aliphatic rings. The molecular formula is C12H18N2O. The van der Waals surface area contributed by atoms with Gasteiger partial charge in [-0.3, -0.25) is 0 Å². The lowest BCUT2D eigenvalue weighted by atomic mass is 10.1. The minimum atomic E-state index is 0.706. The predicted octanol–water partition coefficient (Wildman–Crippen LogP) is 2.08. The van der Waals surface area contributed by atoms with Crippen LogP contribution in [0.2, 0.25) is 0 Å². The molecule has 2 saturated carbocycles. The second kappa shape index (κ2) is 3.63. The molecule has 0 aromatic carbocycles. The Morgan fingerprint density at radius 1 is 1.40 bits per heavy atom. The van der Waals surface area contributed by atoms with Gasteiger partial charge in [0.15, 0.2) is 5.89 Å². The molecule has 2 unspecified atom stereocenters. The summed E-state index contributed by atoms with van der Waals surface area (Å²) >= 11 is 0. The van der Waals surface area contributed by atoms with E-state index in [2.05, 4.69) is 4.98 Å². The molecule has 15 heavy (non-hydrogen) atoms. The summed E-state index contributed by atoms with van der Waals surface area (Å²) in [6.07, 6.45) is 8.01. The molecule has 2 aliphatic carbocycles. The first-order valence-electron chi connectivity index (χ1n) is 6.05. The molecule has 0 aliphatic heterocycles. The van der Waals surface area contributed by atoms with E-state index in [1.54, 1.807) is 0 Å². The third-order valence-corrected chi connectivity index (χ3v) is 3.90. The number of aryl methyl sites for hydroxylation is 1. The minimum Gasteiger partial charge on any atom is -0.445 e. The minimum absolute atomic E-state index is 0.706. The highest BCUT2D eigenvalue weighted by molar-refractivity contribution is 5.19. The van der Waals surface area contributed by atoms with Crippen molar-refractivity contribution in [2.45, 2.75) is 38.0 Å². The van der Waals surface area contributed by atoms with Gasteiger partial charge in [-0.05, 0) is 37.6 Å². The maximum atomic E-state index is 5.78. The number of nitrogens with zero attached hydrogens (tertiary/aromatic N) is 1. The summed E-state index contributed by atoms with van der Waals surface area (Å²) in [6, 6.07) is 0. The van der Waals surface area contributed by atoms with Gasteiger partial charge in [0.2, 0.25) is 0 Å². The van der Waals surface area contributed by atoms with Crippen LogP contribution in [0.5, 0.6) is 0 Å². The average Bonchev–Trinajstić information content (AvgIpc) is 2.73. The van der Waals surface area contributed by atoms with E-state index in [-0.39, 0.29) is 0 Å². The largest absolute Gasteiger partial charge is 0.445 e. The fourth-order valence-electron chi connectivity index (χ4n) is 3.09. The van der Waals surface area contributed by atoms with Crippen LogP contribution in [0.3, 0.4) is 0 Å². The van der Waals surface area contributed by atoms with Crippen LogP contribution < -0.4 is 5.73 Å². The number of hydrogen-bond acceptors (Lipinski definition) is 3. The fourth-order valence-corrected chi connectivity index (χ4v) is 3.09. The molecule has 1 aromatic heterocycles. The Morgan fingerprint density at radius 3 is 2.93 bits per heavy atom. The first-order valence-corrected chi connectivity index (χ1v) is 6.05. The third-order valence-electron chi connectivity index (χ3n) is 3.90. The molecule has 2 N–H and O–H groups in total. The van der Waals surface area contributed by atoms with E-state index in [0.29, 0.717) is 12.5 Å². The molecular weight excluding hydrogens is 188 g/mol. The number of oxazole rings is 1. The molecule has 0 saturated heterocycles. The molecule has 2 atom stereocenters. The molecule has 1 aromatic rings. The van der Waals surface area contributed by atoms with Gasteiger partial charge in [-0.2, -0.15) is 0 Å². The van der Waals surface area contributed by atoms with E-state index in [9.17, 15) is 0 Å². The van der Waals surface area contributed by atoms with Crippen molar-refractivity contribution in [2.75, 3.05) is 6.54 Å². The molecule has 82 valence electrons. The standard InChI is InChI=1S/C12H18N2O/c13-6-2-5-11-14-7-10(15-11)12-8-3-1-4-9(8)12/h7-9,12H,1-6,13H2. The molecule has 0 radical (unpaired) electrons. The number of nitrogens with two attached hydrogens (primary N) is 1. The van der Waals surface area contributed by atoms with E-state index in [1.165, 1.54) is 19.3 Å². The van der Waals surface area contributed by atoms with Crippen LogP contribution in [0.1, 0.15) is 43.3 Å². The van der Waals surface area contributed by atoms with Crippen LogP contribution in [-0.4, -0.2) is 11.5 Å². The van der Waals surface area contributed by atoms with Gasteiger partial charge in [-0.1, -0.05) is 6.42 Å². The van der Waals surface area contributed by atoms with Crippen LogP contribution >= 0.6 is 0 Å². The summed E-state index contributed by atoms with van der Waals surface area (Å²) in [6.45, 7) is 0.715. The quantitative estimate of drug-likeness (QED) is 0.820. The van der Waals surface area contributed by atoms with Crippen molar-refractivity contribution in [3.05, 3.63) is 17.8 Å². The molecule has 0 spiro atoms. The van der Waals surface area contributed by atoms with Crippen molar-refractivity contribution in [2.24, 2.45) is 17.6 Å². The van der Waals surface area contributed by atoms with Crippen LogP contribution in [0, 0.1) is 11.8 Å².